The first-order valence-electron chi connectivity index (χ1n) is 10.7. The predicted molar refractivity (Wildman–Crippen MR) is 134 cm³/mol. The van der Waals surface area contributed by atoms with Gasteiger partial charge < -0.3 is 5.32 Å². The maximum atomic E-state index is 13.3. The summed E-state index contributed by atoms with van der Waals surface area (Å²) in [7, 11) is 0. The second-order valence-corrected chi connectivity index (χ2v) is 9.91. The summed E-state index contributed by atoms with van der Waals surface area (Å²) in [6, 6.07) is 13.9. The molecule has 32 heavy (non-hydrogen) atoms. The maximum Gasteiger partial charge on any atom is 0.263 e. The molecule has 0 fully saturated rings. The third-order valence-electron chi connectivity index (χ3n) is 5.72. The summed E-state index contributed by atoms with van der Waals surface area (Å²) < 4.78 is 1.64. The lowest BCUT2D eigenvalue weighted by molar-refractivity contribution is -0.113. The first kappa shape index (κ1) is 21.0. The highest BCUT2D eigenvalue weighted by Crippen LogP contribution is 2.34. The molecule has 0 saturated heterocycles. The topological polar surface area (TPSA) is 64.0 Å². The van der Waals surface area contributed by atoms with E-state index in [1.807, 2.05) is 42.5 Å². The number of rotatable bonds is 6. The van der Waals surface area contributed by atoms with Crippen LogP contribution in [-0.2, 0) is 24.2 Å². The molecule has 5 rings (SSSR count). The highest BCUT2D eigenvalue weighted by atomic mass is 32.2. The molecule has 1 aliphatic carbocycles. The molecule has 2 aromatic heterocycles. The molecular formula is C25H23N3O2S2. The van der Waals surface area contributed by atoms with Gasteiger partial charge in [0.2, 0.25) is 5.91 Å². The molecule has 4 aromatic rings. The van der Waals surface area contributed by atoms with Crippen LogP contribution in [0.3, 0.4) is 0 Å². The van der Waals surface area contributed by atoms with E-state index in [4.69, 9.17) is 4.98 Å². The van der Waals surface area contributed by atoms with Gasteiger partial charge in [0.25, 0.3) is 5.56 Å². The van der Waals surface area contributed by atoms with Crippen molar-refractivity contribution in [3.63, 3.8) is 0 Å². The van der Waals surface area contributed by atoms with Gasteiger partial charge in [-0.3, -0.25) is 14.2 Å². The SMILES string of the molecule is C=CCn1c(SCC(=O)Nc2ccc3ccccc3c2)nc2sc3c(c2c1=O)CCCC3. The minimum absolute atomic E-state index is 0.0215. The molecule has 7 heteroatoms. The van der Waals surface area contributed by atoms with Crippen LogP contribution < -0.4 is 10.9 Å². The Labute approximate surface area is 194 Å². The lowest BCUT2D eigenvalue weighted by atomic mass is 9.97. The lowest BCUT2D eigenvalue weighted by Crippen LogP contribution is -2.24. The average molecular weight is 462 g/mol. The third kappa shape index (κ3) is 3.98. The van der Waals surface area contributed by atoms with E-state index in [0.717, 1.165) is 52.4 Å². The normalized spacial score (nSPS) is 13.2. The van der Waals surface area contributed by atoms with Crippen LogP contribution in [0.5, 0.6) is 0 Å². The van der Waals surface area contributed by atoms with Gasteiger partial charge in [0.1, 0.15) is 4.83 Å². The van der Waals surface area contributed by atoms with E-state index in [1.165, 1.54) is 22.2 Å². The van der Waals surface area contributed by atoms with Crippen molar-refractivity contribution in [3.05, 3.63) is 75.9 Å². The van der Waals surface area contributed by atoms with E-state index in [1.54, 1.807) is 22.0 Å². The zero-order valence-electron chi connectivity index (χ0n) is 17.6. The number of amides is 1. The molecule has 2 heterocycles. The molecule has 0 aliphatic heterocycles. The van der Waals surface area contributed by atoms with Crippen LogP contribution in [0.4, 0.5) is 5.69 Å². The Kier molecular flexibility index (Phi) is 5.85. The van der Waals surface area contributed by atoms with Gasteiger partial charge in [0, 0.05) is 17.1 Å². The summed E-state index contributed by atoms with van der Waals surface area (Å²) in [5.41, 5.74) is 1.91. The van der Waals surface area contributed by atoms with Gasteiger partial charge >= 0.3 is 0 Å². The van der Waals surface area contributed by atoms with Crippen LogP contribution >= 0.6 is 23.1 Å². The standard InChI is InChI=1S/C25H23N3O2S2/c1-2-13-28-24(30)22-19-9-5-6-10-20(19)32-23(22)27-25(28)31-15-21(29)26-18-12-11-16-7-3-4-8-17(16)14-18/h2-4,7-8,11-12,14H,1,5-6,9-10,13,15H2,(H,26,29). The van der Waals surface area contributed by atoms with Gasteiger partial charge in [0.15, 0.2) is 5.16 Å². The fourth-order valence-corrected chi connectivity index (χ4v) is 6.33. The number of aryl methyl sites for hydroxylation is 2. The van der Waals surface area contributed by atoms with Crippen molar-refractivity contribution in [1.29, 1.82) is 0 Å². The van der Waals surface area contributed by atoms with Crippen molar-refractivity contribution in [2.75, 3.05) is 11.1 Å². The summed E-state index contributed by atoms with van der Waals surface area (Å²) in [6.45, 7) is 4.17. The summed E-state index contributed by atoms with van der Waals surface area (Å²) in [5.74, 6) is 0.0442. The monoisotopic (exact) mass is 461 g/mol. The molecule has 1 aliphatic rings. The molecule has 1 amide bonds. The Morgan fingerprint density at radius 1 is 1.19 bits per heavy atom. The number of benzene rings is 2. The highest BCUT2D eigenvalue weighted by molar-refractivity contribution is 7.99. The van der Waals surface area contributed by atoms with Crippen molar-refractivity contribution in [3.8, 4) is 0 Å². The minimum Gasteiger partial charge on any atom is -0.325 e. The Balaban J connectivity index is 1.39. The average Bonchev–Trinajstić information content (AvgIpc) is 3.18. The van der Waals surface area contributed by atoms with Crippen molar-refractivity contribution < 1.29 is 4.79 Å². The minimum atomic E-state index is -0.129. The quantitative estimate of drug-likeness (QED) is 0.237. The number of aromatic nitrogens is 2. The van der Waals surface area contributed by atoms with Crippen LogP contribution in [-0.4, -0.2) is 21.2 Å². The summed E-state index contributed by atoms with van der Waals surface area (Å²) in [4.78, 5) is 32.8. The molecule has 0 saturated carbocycles. The molecule has 0 bridgehead atoms. The molecule has 5 nitrogen and oxygen atoms in total. The number of hydrogen-bond acceptors (Lipinski definition) is 5. The van der Waals surface area contributed by atoms with E-state index < -0.39 is 0 Å². The van der Waals surface area contributed by atoms with E-state index in [9.17, 15) is 9.59 Å². The summed E-state index contributed by atoms with van der Waals surface area (Å²) in [6.07, 6.45) is 5.95. The maximum absolute atomic E-state index is 13.3. The van der Waals surface area contributed by atoms with Gasteiger partial charge in [-0.15, -0.1) is 17.9 Å². The number of nitrogens with one attached hydrogen (secondary N) is 1. The zero-order valence-corrected chi connectivity index (χ0v) is 19.2. The largest absolute Gasteiger partial charge is 0.325 e. The predicted octanol–water partition coefficient (Wildman–Crippen LogP) is 5.41. The molecule has 0 spiro atoms. The Hall–Kier alpha value is -2.90. The highest BCUT2D eigenvalue weighted by Gasteiger charge is 2.22. The second kappa shape index (κ2) is 8.92. The van der Waals surface area contributed by atoms with E-state index in [0.29, 0.717) is 11.7 Å². The Morgan fingerprint density at radius 2 is 2.00 bits per heavy atom. The Morgan fingerprint density at radius 3 is 2.84 bits per heavy atom. The van der Waals surface area contributed by atoms with Crippen molar-refractivity contribution in [2.24, 2.45) is 0 Å². The number of thioether (sulfide) groups is 1. The second-order valence-electron chi connectivity index (χ2n) is 7.89. The summed E-state index contributed by atoms with van der Waals surface area (Å²) >= 11 is 2.92. The number of allylic oxidation sites excluding steroid dienone is 1. The van der Waals surface area contributed by atoms with Crippen molar-refractivity contribution in [2.45, 2.75) is 37.4 Å². The fourth-order valence-electron chi connectivity index (χ4n) is 4.21. The number of fused-ring (bicyclic) bond motifs is 4. The van der Waals surface area contributed by atoms with Crippen LogP contribution in [0.15, 0.2) is 65.1 Å². The van der Waals surface area contributed by atoms with Gasteiger partial charge in [-0.1, -0.05) is 48.2 Å². The first-order valence-corrected chi connectivity index (χ1v) is 12.5. The molecule has 0 atom stereocenters. The molecule has 162 valence electrons. The number of anilines is 1. The van der Waals surface area contributed by atoms with Gasteiger partial charge in [0.05, 0.1) is 11.1 Å². The smallest absolute Gasteiger partial charge is 0.263 e. The number of thiophene rings is 1. The van der Waals surface area contributed by atoms with Gasteiger partial charge in [-0.05, 0) is 54.2 Å². The molecule has 0 radical (unpaired) electrons. The lowest BCUT2D eigenvalue weighted by Gasteiger charge is -2.12. The molecule has 1 N–H and O–H groups in total. The first-order chi connectivity index (χ1) is 15.6. The van der Waals surface area contributed by atoms with E-state index in [-0.39, 0.29) is 17.2 Å². The molecule has 2 aromatic carbocycles. The number of carbonyl (C=O) groups excluding carboxylic acids is 1. The molecular weight excluding hydrogens is 438 g/mol. The fraction of sp³-hybridized carbons (Fsp3) is 0.240. The van der Waals surface area contributed by atoms with Gasteiger partial charge in [-0.25, -0.2) is 4.98 Å². The number of carbonyl (C=O) groups is 1. The van der Waals surface area contributed by atoms with Crippen LogP contribution in [0.2, 0.25) is 0 Å². The third-order valence-corrected chi connectivity index (χ3v) is 7.88. The molecule has 0 unspecified atom stereocenters. The van der Waals surface area contributed by atoms with Crippen molar-refractivity contribution in [1.82, 2.24) is 9.55 Å². The van der Waals surface area contributed by atoms with E-state index in [2.05, 4.69) is 11.9 Å². The van der Waals surface area contributed by atoms with Crippen LogP contribution in [0.25, 0.3) is 21.0 Å². The van der Waals surface area contributed by atoms with E-state index >= 15 is 0 Å². The summed E-state index contributed by atoms with van der Waals surface area (Å²) in [5, 5.41) is 6.48. The number of hydrogen-bond donors (Lipinski definition) is 1. The zero-order chi connectivity index (χ0) is 22.1. The van der Waals surface area contributed by atoms with Crippen molar-refractivity contribution >= 4 is 55.7 Å². The van der Waals surface area contributed by atoms with Crippen LogP contribution in [0, 0.1) is 0 Å². The number of nitrogens with zero attached hydrogens (tertiary/aromatic N) is 2. The van der Waals surface area contributed by atoms with Crippen LogP contribution in [0.1, 0.15) is 23.3 Å². The van der Waals surface area contributed by atoms with Gasteiger partial charge in [-0.2, -0.15) is 0 Å². The Bertz CT molecular complexity index is 1400.